The number of hydrogen-bond acceptors (Lipinski definition) is 4. The molecule has 0 radical (unpaired) electrons. The van der Waals surface area contributed by atoms with Gasteiger partial charge in [0.15, 0.2) is 0 Å². The molecule has 1 aliphatic heterocycles. The second-order valence-electron chi connectivity index (χ2n) is 5.02. The predicted octanol–water partition coefficient (Wildman–Crippen LogP) is 1.48. The molecule has 5 nitrogen and oxygen atoms in total. The van der Waals surface area contributed by atoms with E-state index < -0.39 is 5.60 Å². The van der Waals surface area contributed by atoms with Gasteiger partial charge in [-0.2, -0.15) is 0 Å². The van der Waals surface area contributed by atoms with Crippen LogP contribution in [0, 0.1) is 0 Å². The first-order valence-electron chi connectivity index (χ1n) is 6.45. The number of aromatic amines is 1. The molecular formula is C13H18N4O. The van der Waals surface area contributed by atoms with Crippen LogP contribution in [0.2, 0.25) is 0 Å². The first-order chi connectivity index (χ1) is 8.67. The van der Waals surface area contributed by atoms with Crippen LogP contribution in [0.15, 0.2) is 12.5 Å². The molecule has 0 bridgehead atoms. The maximum atomic E-state index is 10.1. The van der Waals surface area contributed by atoms with E-state index >= 15 is 0 Å². The first-order valence-corrected chi connectivity index (χ1v) is 6.45. The zero-order valence-corrected chi connectivity index (χ0v) is 10.8. The molecule has 2 aromatic rings. The molecule has 0 amide bonds. The molecule has 1 fully saturated rings. The van der Waals surface area contributed by atoms with Crippen LogP contribution in [0.5, 0.6) is 0 Å². The molecule has 2 aromatic heterocycles. The van der Waals surface area contributed by atoms with Gasteiger partial charge in [-0.1, -0.05) is 13.8 Å². The van der Waals surface area contributed by atoms with Gasteiger partial charge in [0.25, 0.3) is 0 Å². The van der Waals surface area contributed by atoms with Gasteiger partial charge in [0, 0.05) is 19.3 Å². The van der Waals surface area contributed by atoms with Crippen molar-refractivity contribution in [1.82, 2.24) is 15.0 Å². The Morgan fingerprint density at radius 1 is 1.39 bits per heavy atom. The Morgan fingerprint density at radius 3 is 2.83 bits per heavy atom. The Balaban J connectivity index is 2.00. The lowest BCUT2D eigenvalue weighted by Crippen LogP contribution is -2.61. The van der Waals surface area contributed by atoms with E-state index in [1.165, 1.54) is 5.56 Å². The van der Waals surface area contributed by atoms with Crippen LogP contribution in [0.3, 0.4) is 0 Å². The fourth-order valence-electron chi connectivity index (χ4n) is 2.57. The third kappa shape index (κ3) is 1.58. The standard InChI is InChI=1S/C13H18N4O/c1-3-9-5-14-11-10(9)12(16-8-15-11)17-6-13(18,4-2)7-17/h5,8,18H,3-4,6-7H2,1-2H3,(H,14,15,16). The van der Waals surface area contributed by atoms with E-state index in [0.717, 1.165) is 29.7 Å². The van der Waals surface area contributed by atoms with Gasteiger partial charge in [0.1, 0.15) is 17.8 Å². The number of rotatable bonds is 3. The highest BCUT2D eigenvalue weighted by molar-refractivity contribution is 5.91. The molecule has 0 saturated carbocycles. The summed E-state index contributed by atoms with van der Waals surface area (Å²) in [5, 5.41) is 11.2. The van der Waals surface area contributed by atoms with Crippen LogP contribution >= 0.6 is 0 Å². The summed E-state index contributed by atoms with van der Waals surface area (Å²) >= 11 is 0. The van der Waals surface area contributed by atoms with Crippen molar-refractivity contribution in [3.05, 3.63) is 18.1 Å². The summed E-state index contributed by atoms with van der Waals surface area (Å²) in [5.74, 6) is 0.941. The van der Waals surface area contributed by atoms with Gasteiger partial charge >= 0.3 is 0 Å². The third-order valence-corrected chi connectivity index (χ3v) is 3.84. The van der Waals surface area contributed by atoms with Gasteiger partial charge in [-0.05, 0) is 18.4 Å². The topological polar surface area (TPSA) is 65.0 Å². The highest BCUT2D eigenvalue weighted by Gasteiger charge is 2.40. The summed E-state index contributed by atoms with van der Waals surface area (Å²) in [6, 6.07) is 0. The Morgan fingerprint density at radius 2 is 2.17 bits per heavy atom. The molecule has 3 heterocycles. The summed E-state index contributed by atoms with van der Waals surface area (Å²) in [4.78, 5) is 13.9. The number of aromatic nitrogens is 3. The van der Waals surface area contributed by atoms with Crippen LogP contribution in [0.4, 0.5) is 5.82 Å². The average Bonchev–Trinajstić information content (AvgIpc) is 2.78. The number of nitrogens with zero attached hydrogens (tertiary/aromatic N) is 3. The van der Waals surface area contributed by atoms with E-state index in [4.69, 9.17) is 0 Å². The molecular weight excluding hydrogens is 228 g/mol. The van der Waals surface area contributed by atoms with Crippen LogP contribution in [-0.4, -0.2) is 38.7 Å². The molecule has 0 aromatic carbocycles. The summed E-state index contributed by atoms with van der Waals surface area (Å²) in [6.45, 7) is 5.45. The number of β-amino-alcohol motifs (C(OH)–C–C–N with tert-alkyl or cyclic N) is 1. The number of fused-ring (bicyclic) bond motifs is 1. The van der Waals surface area contributed by atoms with Crippen molar-refractivity contribution in [2.45, 2.75) is 32.3 Å². The molecule has 0 unspecified atom stereocenters. The SMILES string of the molecule is CCc1c[nH]c2ncnc(N3CC(O)(CC)C3)c12. The van der Waals surface area contributed by atoms with Crippen molar-refractivity contribution in [2.75, 3.05) is 18.0 Å². The molecule has 2 N–H and O–H groups in total. The average molecular weight is 246 g/mol. The lowest BCUT2D eigenvalue weighted by atomic mass is 9.91. The molecule has 18 heavy (non-hydrogen) atoms. The second kappa shape index (κ2) is 3.95. The molecule has 0 spiro atoms. The van der Waals surface area contributed by atoms with Crippen molar-refractivity contribution in [3.8, 4) is 0 Å². The van der Waals surface area contributed by atoms with Crippen LogP contribution in [0.25, 0.3) is 11.0 Å². The van der Waals surface area contributed by atoms with Crippen LogP contribution in [-0.2, 0) is 6.42 Å². The maximum absolute atomic E-state index is 10.1. The van der Waals surface area contributed by atoms with Gasteiger partial charge in [0.05, 0.1) is 11.0 Å². The van der Waals surface area contributed by atoms with Gasteiger partial charge in [-0.3, -0.25) is 0 Å². The Hall–Kier alpha value is -1.62. The number of nitrogens with one attached hydrogen (secondary N) is 1. The number of H-pyrrole nitrogens is 1. The molecule has 5 heteroatoms. The number of anilines is 1. The minimum Gasteiger partial charge on any atom is -0.386 e. The summed E-state index contributed by atoms with van der Waals surface area (Å²) < 4.78 is 0. The lowest BCUT2D eigenvalue weighted by molar-refractivity contribution is 0.00823. The lowest BCUT2D eigenvalue weighted by Gasteiger charge is -2.47. The van der Waals surface area contributed by atoms with Gasteiger partial charge < -0.3 is 15.0 Å². The molecule has 96 valence electrons. The van der Waals surface area contributed by atoms with E-state index in [9.17, 15) is 5.11 Å². The van der Waals surface area contributed by atoms with Gasteiger partial charge in [-0.15, -0.1) is 0 Å². The van der Waals surface area contributed by atoms with Crippen LogP contribution < -0.4 is 4.90 Å². The van der Waals surface area contributed by atoms with Crippen molar-refractivity contribution >= 4 is 16.9 Å². The van der Waals surface area contributed by atoms with E-state index in [-0.39, 0.29) is 0 Å². The number of aliphatic hydroxyl groups is 1. The van der Waals surface area contributed by atoms with E-state index in [1.54, 1.807) is 6.33 Å². The monoisotopic (exact) mass is 246 g/mol. The maximum Gasteiger partial charge on any atom is 0.143 e. The van der Waals surface area contributed by atoms with E-state index in [1.807, 2.05) is 13.1 Å². The second-order valence-corrected chi connectivity index (χ2v) is 5.02. The van der Waals surface area contributed by atoms with Crippen molar-refractivity contribution in [2.24, 2.45) is 0 Å². The third-order valence-electron chi connectivity index (χ3n) is 3.84. The Kier molecular flexibility index (Phi) is 2.52. The highest BCUT2D eigenvalue weighted by atomic mass is 16.3. The number of aryl methyl sites for hydroxylation is 1. The Bertz CT molecular complexity index is 571. The fourth-order valence-corrected chi connectivity index (χ4v) is 2.57. The van der Waals surface area contributed by atoms with E-state index in [2.05, 4.69) is 26.8 Å². The first kappa shape index (κ1) is 11.5. The molecule has 1 aliphatic rings. The minimum absolute atomic E-state index is 0.542. The van der Waals surface area contributed by atoms with Crippen molar-refractivity contribution in [3.63, 3.8) is 0 Å². The molecule has 0 aliphatic carbocycles. The zero-order valence-electron chi connectivity index (χ0n) is 10.8. The summed E-state index contributed by atoms with van der Waals surface area (Å²) in [7, 11) is 0. The van der Waals surface area contributed by atoms with Crippen molar-refractivity contribution < 1.29 is 5.11 Å². The predicted molar refractivity (Wildman–Crippen MR) is 70.7 cm³/mol. The normalized spacial score (nSPS) is 18.1. The summed E-state index contributed by atoms with van der Waals surface area (Å²) in [5.41, 5.74) is 1.57. The fraction of sp³-hybridized carbons (Fsp3) is 0.538. The van der Waals surface area contributed by atoms with Gasteiger partial charge in [0.2, 0.25) is 0 Å². The molecule has 1 saturated heterocycles. The Labute approximate surface area is 106 Å². The molecule has 0 atom stereocenters. The highest BCUT2D eigenvalue weighted by Crippen LogP contribution is 2.33. The number of hydrogen-bond donors (Lipinski definition) is 2. The minimum atomic E-state index is -0.542. The van der Waals surface area contributed by atoms with Gasteiger partial charge in [-0.25, -0.2) is 9.97 Å². The van der Waals surface area contributed by atoms with Crippen molar-refractivity contribution in [1.29, 1.82) is 0 Å². The quantitative estimate of drug-likeness (QED) is 0.861. The largest absolute Gasteiger partial charge is 0.386 e. The molecule has 3 rings (SSSR count). The van der Waals surface area contributed by atoms with Crippen LogP contribution in [0.1, 0.15) is 25.8 Å². The smallest absolute Gasteiger partial charge is 0.143 e. The van der Waals surface area contributed by atoms with E-state index in [0.29, 0.717) is 13.1 Å². The summed E-state index contributed by atoms with van der Waals surface area (Å²) in [6.07, 6.45) is 5.31. The zero-order chi connectivity index (χ0) is 12.8.